The lowest BCUT2D eigenvalue weighted by atomic mass is 9.89. The van der Waals surface area contributed by atoms with E-state index in [0.29, 0.717) is 19.0 Å². The standard InChI is InChI=1S/C22H37N3O2/c26-21-15-19(17-25(21)20-9-4-5-10-20)22(27)24-12-6-11-23(13-14-24)16-18-7-2-1-3-8-18/h18-20H,1-17H2. The summed E-state index contributed by atoms with van der Waals surface area (Å²) in [4.78, 5) is 32.2. The van der Waals surface area contributed by atoms with Gasteiger partial charge in [0, 0.05) is 45.2 Å². The molecule has 2 amide bonds. The van der Waals surface area contributed by atoms with Crippen molar-refractivity contribution in [1.82, 2.24) is 14.7 Å². The molecule has 0 radical (unpaired) electrons. The fourth-order valence-corrected chi connectivity index (χ4v) is 5.83. The molecule has 2 heterocycles. The molecule has 0 aromatic rings. The van der Waals surface area contributed by atoms with Crippen LogP contribution in [-0.2, 0) is 9.59 Å². The first-order valence-electron chi connectivity index (χ1n) is 11.5. The first-order valence-corrected chi connectivity index (χ1v) is 11.5. The Balaban J connectivity index is 1.27. The fraction of sp³-hybridized carbons (Fsp3) is 0.909. The van der Waals surface area contributed by atoms with Crippen LogP contribution in [0.5, 0.6) is 0 Å². The Hall–Kier alpha value is -1.10. The highest BCUT2D eigenvalue weighted by molar-refractivity contribution is 5.89. The molecule has 1 atom stereocenters. The molecule has 4 rings (SSSR count). The van der Waals surface area contributed by atoms with Gasteiger partial charge >= 0.3 is 0 Å². The average Bonchev–Trinajstić information content (AvgIpc) is 3.28. The maximum Gasteiger partial charge on any atom is 0.228 e. The maximum atomic E-state index is 13.1. The maximum absolute atomic E-state index is 13.1. The summed E-state index contributed by atoms with van der Waals surface area (Å²) in [6, 6.07) is 0.408. The zero-order valence-corrected chi connectivity index (χ0v) is 16.9. The second-order valence-corrected chi connectivity index (χ2v) is 9.37. The third-order valence-electron chi connectivity index (χ3n) is 7.41. The molecule has 2 aliphatic heterocycles. The van der Waals surface area contributed by atoms with E-state index in [1.165, 1.54) is 51.5 Å². The number of likely N-dealkylation sites (tertiary alicyclic amines) is 1. The van der Waals surface area contributed by atoms with Gasteiger partial charge in [0.05, 0.1) is 5.92 Å². The summed E-state index contributed by atoms with van der Waals surface area (Å²) < 4.78 is 0. The zero-order valence-electron chi connectivity index (χ0n) is 16.9. The quantitative estimate of drug-likeness (QED) is 0.759. The van der Waals surface area contributed by atoms with Crippen molar-refractivity contribution in [3.05, 3.63) is 0 Å². The van der Waals surface area contributed by atoms with Gasteiger partial charge in [0.25, 0.3) is 0 Å². The van der Waals surface area contributed by atoms with Crippen molar-refractivity contribution >= 4 is 11.8 Å². The second-order valence-electron chi connectivity index (χ2n) is 9.37. The van der Waals surface area contributed by atoms with Gasteiger partial charge in [-0.3, -0.25) is 9.59 Å². The van der Waals surface area contributed by atoms with Crippen molar-refractivity contribution in [3.63, 3.8) is 0 Å². The summed E-state index contributed by atoms with van der Waals surface area (Å²) in [7, 11) is 0. The lowest BCUT2D eigenvalue weighted by Gasteiger charge is -2.29. The van der Waals surface area contributed by atoms with Crippen LogP contribution >= 0.6 is 0 Å². The molecule has 2 aliphatic carbocycles. The van der Waals surface area contributed by atoms with Crippen molar-refractivity contribution in [2.75, 3.05) is 39.3 Å². The van der Waals surface area contributed by atoms with Crippen molar-refractivity contribution in [2.45, 2.75) is 76.7 Å². The number of carbonyl (C=O) groups is 2. The highest BCUT2D eigenvalue weighted by Crippen LogP contribution is 2.30. The van der Waals surface area contributed by atoms with Crippen molar-refractivity contribution in [2.24, 2.45) is 11.8 Å². The van der Waals surface area contributed by atoms with Crippen LogP contribution in [0.3, 0.4) is 0 Å². The molecule has 0 N–H and O–H groups in total. The minimum Gasteiger partial charge on any atom is -0.341 e. The van der Waals surface area contributed by atoms with Gasteiger partial charge in [-0.25, -0.2) is 0 Å². The average molecular weight is 376 g/mol. The van der Waals surface area contributed by atoms with E-state index in [2.05, 4.69) is 9.80 Å². The Morgan fingerprint density at radius 3 is 2.37 bits per heavy atom. The molecule has 27 heavy (non-hydrogen) atoms. The van der Waals surface area contributed by atoms with Gasteiger partial charge < -0.3 is 14.7 Å². The van der Waals surface area contributed by atoms with E-state index >= 15 is 0 Å². The number of rotatable bonds is 4. The topological polar surface area (TPSA) is 43.9 Å². The lowest BCUT2D eigenvalue weighted by Crippen LogP contribution is -2.41. The van der Waals surface area contributed by atoms with Crippen LogP contribution < -0.4 is 0 Å². The van der Waals surface area contributed by atoms with Crippen LogP contribution in [0.4, 0.5) is 0 Å². The molecular formula is C22H37N3O2. The first kappa shape index (κ1) is 19.2. The SMILES string of the molecule is O=C(C1CC(=O)N(C2CCCC2)C1)N1CCCN(CC2CCCCC2)CC1. The largest absolute Gasteiger partial charge is 0.341 e. The monoisotopic (exact) mass is 375 g/mol. The predicted molar refractivity (Wildman–Crippen MR) is 106 cm³/mol. The van der Waals surface area contributed by atoms with Gasteiger partial charge in [-0.2, -0.15) is 0 Å². The zero-order chi connectivity index (χ0) is 18.6. The normalized spacial score (nSPS) is 29.5. The Labute approximate surface area is 164 Å². The summed E-state index contributed by atoms with van der Waals surface area (Å²) in [6.45, 7) is 5.74. The molecule has 5 heteroatoms. The van der Waals surface area contributed by atoms with E-state index < -0.39 is 0 Å². The number of amides is 2. The smallest absolute Gasteiger partial charge is 0.228 e. The van der Waals surface area contributed by atoms with Crippen LogP contribution in [0.2, 0.25) is 0 Å². The Kier molecular flexibility index (Phi) is 6.36. The molecule has 0 spiro atoms. The number of hydrogen-bond donors (Lipinski definition) is 0. The van der Waals surface area contributed by atoms with Crippen LogP contribution in [0, 0.1) is 11.8 Å². The van der Waals surface area contributed by atoms with Gasteiger partial charge in [0.2, 0.25) is 11.8 Å². The van der Waals surface area contributed by atoms with Crippen molar-refractivity contribution < 1.29 is 9.59 Å². The molecule has 0 aromatic heterocycles. The molecule has 4 fully saturated rings. The molecule has 2 saturated carbocycles. The third kappa shape index (κ3) is 4.67. The van der Waals surface area contributed by atoms with Crippen LogP contribution in [0.25, 0.3) is 0 Å². The van der Waals surface area contributed by atoms with E-state index in [9.17, 15) is 9.59 Å². The van der Waals surface area contributed by atoms with E-state index in [-0.39, 0.29) is 17.7 Å². The summed E-state index contributed by atoms with van der Waals surface area (Å²) in [5, 5.41) is 0. The van der Waals surface area contributed by atoms with Gasteiger partial charge in [0.1, 0.15) is 0 Å². The highest BCUT2D eigenvalue weighted by Gasteiger charge is 2.40. The molecule has 5 nitrogen and oxygen atoms in total. The van der Waals surface area contributed by atoms with Crippen LogP contribution in [0.1, 0.15) is 70.6 Å². The minimum absolute atomic E-state index is 0.0944. The second kappa shape index (κ2) is 8.93. The minimum atomic E-state index is -0.0944. The van der Waals surface area contributed by atoms with E-state index in [0.717, 1.165) is 51.4 Å². The van der Waals surface area contributed by atoms with Gasteiger partial charge in [-0.1, -0.05) is 32.1 Å². The van der Waals surface area contributed by atoms with Gasteiger partial charge in [0.15, 0.2) is 0 Å². The third-order valence-corrected chi connectivity index (χ3v) is 7.41. The first-order chi connectivity index (χ1) is 13.2. The van der Waals surface area contributed by atoms with Gasteiger partial charge in [-0.15, -0.1) is 0 Å². The Morgan fingerprint density at radius 2 is 1.59 bits per heavy atom. The van der Waals surface area contributed by atoms with Crippen molar-refractivity contribution in [1.29, 1.82) is 0 Å². The lowest BCUT2D eigenvalue weighted by molar-refractivity contribution is -0.135. The summed E-state index contributed by atoms with van der Waals surface area (Å²) >= 11 is 0. The molecule has 1 unspecified atom stereocenters. The molecule has 0 bridgehead atoms. The molecule has 152 valence electrons. The molecular weight excluding hydrogens is 338 g/mol. The number of nitrogens with zero attached hydrogens (tertiary/aromatic N) is 3. The summed E-state index contributed by atoms with van der Waals surface area (Å²) in [6.07, 6.45) is 13.2. The van der Waals surface area contributed by atoms with Crippen LogP contribution in [-0.4, -0.2) is 71.8 Å². The van der Waals surface area contributed by atoms with Crippen LogP contribution in [0.15, 0.2) is 0 Å². The van der Waals surface area contributed by atoms with E-state index in [1.807, 2.05) is 4.90 Å². The van der Waals surface area contributed by atoms with Crippen molar-refractivity contribution in [3.8, 4) is 0 Å². The fourth-order valence-electron chi connectivity index (χ4n) is 5.83. The Bertz CT molecular complexity index is 526. The van der Waals surface area contributed by atoms with E-state index in [1.54, 1.807) is 0 Å². The summed E-state index contributed by atoms with van der Waals surface area (Å²) in [5.41, 5.74) is 0. The molecule has 0 aromatic carbocycles. The molecule has 2 saturated heterocycles. The predicted octanol–water partition coefficient (Wildman–Crippen LogP) is 2.89. The van der Waals surface area contributed by atoms with E-state index in [4.69, 9.17) is 0 Å². The van der Waals surface area contributed by atoms with Gasteiger partial charge in [-0.05, 0) is 44.6 Å². The highest BCUT2D eigenvalue weighted by atomic mass is 16.2. The molecule has 4 aliphatic rings. The number of hydrogen-bond acceptors (Lipinski definition) is 3. The summed E-state index contributed by atoms with van der Waals surface area (Å²) in [5.74, 6) is 1.23. The number of carbonyl (C=O) groups excluding carboxylic acids is 2. The Morgan fingerprint density at radius 1 is 0.852 bits per heavy atom.